The monoisotopic (exact) mass is 442 g/mol. The van der Waals surface area contributed by atoms with E-state index in [-0.39, 0.29) is 29.9 Å². The molecule has 1 amide bonds. The van der Waals surface area contributed by atoms with Gasteiger partial charge >= 0.3 is 6.18 Å². The summed E-state index contributed by atoms with van der Waals surface area (Å²) in [7, 11) is 0. The minimum absolute atomic E-state index is 0.0415. The van der Waals surface area contributed by atoms with Crippen LogP contribution in [0.25, 0.3) is 11.1 Å². The van der Waals surface area contributed by atoms with Crippen LogP contribution in [0.5, 0.6) is 5.75 Å². The van der Waals surface area contributed by atoms with Crippen LogP contribution >= 0.6 is 0 Å². The van der Waals surface area contributed by atoms with Gasteiger partial charge in [-0.05, 0) is 30.7 Å². The highest BCUT2D eigenvalue weighted by molar-refractivity contribution is 5.93. The molecule has 1 unspecified atom stereocenters. The van der Waals surface area contributed by atoms with Crippen LogP contribution in [-0.2, 0) is 15.7 Å². The normalized spacial score (nSPS) is 18.6. The molecular formula is C21H25F3N2O5. The number of alkyl halides is 3. The van der Waals surface area contributed by atoms with E-state index < -0.39 is 28.9 Å². The van der Waals surface area contributed by atoms with Gasteiger partial charge in [-0.1, -0.05) is 26.0 Å². The van der Waals surface area contributed by atoms with E-state index >= 15 is 0 Å². The van der Waals surface area contributed by atoms with Crippen LogP contribution in [-0.4, -0.2) is 42.9 Å². The Morgan fingerprint density at radius 1 is 1.23 bits per heavy atom. The molecule has 170 valence electrons. The lowest BCUT2D eigenvalue weighted by Crippen LogP contribution is -2.38. The Morgan fingerprint density at radius 3 is 2.42 bits per heavy atom. The van der Waals surface area contributed by atoms with Crippen molar-refractivity contribution in [2.75, 3.05) is 19.8 Å². The fraction of sp³-hybridized carbons (Fsp3) is 0.429. The van der Waals surface area contributed by atoms with Crippen molar-refractivity contribution in [1.29, 1.82) is 0 Å². The smallest absolute Gasteiger partial charge is 0.431 e. The van der Waals surface area contributed by atoms with Crippen molar-refractivity contribution in [3.8, 4) is 16.9 Å². The summed E-state index contributed by atoms with van der Waals surface area (Å²) >= 11 is 0. The number of H-pyrrole nitrogens is 1. The highest BCUT2D eigenvalue weighted by Gasteiger charge is 2.36. The van der Waals surface area contributed by atoms with E-state index in [4.69, 9.17) is 19.9 Å². The SMILES string of the molecule is CC.CC1COC[C@@H](COc2ccc(-c3cc(C(N)=O)c(=O)[nH]c3C(F)(F)F)cc2)O1. The summed E-state index contributed by atoms with van der Waals surface area (Å²) < 4.78 is 56.7. The van der Waals surface area contributed by atoms with Crippen molar-refractivity contribution < 1.29 is 32.2 Å². The third-order valence-corrected chi connectivity index (χ3v) is 4.27. The van der Waals surface area contributed by atoms with Gasteiger partial charge in [0.2, 0.25) is 0 Å². The lowest BCUT2D eigenvalue weighted by molar-refractivity contribution is -0.140. The van der Waals surface area contributed by atoms with Crippen LogP contribution in [0.4, 0.5) is 13.2 Å². The zero-order valence-corrected chi connectivity index (χ0v) is 17.4. The first kappa shape index (κ1) is 24.4. The zero-order chi connectivity index (χ0) is 23.2. The summed E-state index contributed by atoms with van der Waals surface area (Å²) in [6, 6.07) is 6.59. The van der Waals surface area contributed by atoms with Crippen LogP contribution in [0.3, 0.4) is 0 Å². The first-order valence-corrected chi connectivity index (χ1v) is 9.76. The molecule has 7 nitrogen and oxygen atoms in total. The molecule has 1 aliphatic heterocycles. The summed E-state index contributed by atoms with van der Waals surface area (Å²) in [6.45, 7) is 7.01. The molecule has 1 fully saturated rings. The van der Waals surface area contributed by atoms with Gasteiger partial charge in [-0.25, -0.2) is 0 Å². The molecular weight excluding hydrogens is 417 g/mol. The Hall–Kier alpha value is -2.85. The molecule has 1 aliphatic rings. The molecule has 0 saturated carbocycles. The first-order chi connectivity index (χ1) is 14.6. The number of pyridine rings is 1. The van der Waals surface area contributed by atoms with Crippen LogP contribution in [0.1, 0.15) is 36.8 Å². The number of hydrogen-bond acceptors (Lipinski definition) is 5. The van der Waals surface area contributed by atoms with E-state index in [2.05, 4.69) is 0 Å². The first-order valence-electron chi connectivity index (χ1n) is 9.76. The Bertz CT molecular complexity index is 942. The number of aromatic nitrogens is 1. The molecule has 0 spiro atoms. The van der Waals surface area contributed by atoms with Crippen LogP contribution in [0, 0.1) is 0 Å². The molecule has 0 bridgehead atoms. The molecule has 1 saturated heterocycles. The van der Waals surface area contributed by atoms with Crippen LogP contribution < -0.4 is 16.0 Å². The van der Waals surface area contributed by atoms with Gasteiger partial charge in [-0.15, -0.1) is 0 Å². The number of halogens is 3. The molecule has 0 aliphatic carbocycles. The Kier molecular flexibility index (Phi) is 8.23. The van der Waals surface area contributed by atoms with Gasteiger partial charge in [0, 0.05) is 5.56 Å². The average Bonchev–Trinajstić information content (AvgIpc) is 2.73. The minimum atomic E-state index is -4.82. The maximum atomic E-state index is 13.3. The number of primary amides is 1. The molecule has 2 aromatic rings. The van der Waals surface area contributed by atoms with Gasteiger partial charge in [0.25, 0.3) is 11.5 Å². The Morgan fingerprint density at radius 2 is 1.87 bits per heavy atom. The molecule has 0 radical (unpaired) electrons. The summed E-state index contributed by atoms with van der Waals surface area (Å²) in [5.41, 5.74) is 1.83. The lowest BCUT2D eigenvalue weighted by Gasteiger charge is -2.27. The molecule has 2 atom stereocenters. The topological polar surface area (TPSA) is 104 Å². The van der Waals surface area contributed by atoms with Crippen molar-refractivity contribution in [1.82, 2.24) is 4.98 Å². The van der Waals surface area contributed by atoms with Gasteiger partial charge in [-0.2, -0.15) is 13.2 Å². The summed E-state index contributed by atoms with van der Waals surface area (Å²) in [5, 5.41) is 0. The Balaban J connectivity index is 0.00000166. The molecule has 10 heteroatoms. The van der Waals surface area contributed by atoms with Gasteiger partial charge < -0.3 is 24.9 Å². The number of aromatic amines is 1. The fourth-order valence-corrected chi connectivity index (χ4v) is 2.94. The highest BCUT2D eigenvalue weighted by atomic mass is 19.4. The molecule has 3 rings (SSSR count). The van der Waals surface area contributed by atoms with Gasteiger partial charge in [0.15, 0.2) is 0 Å². The number of nitrogens with two attached hydrogens (primary N) is 1. The molecule has 1 aromatic carbocycles. The largest absolute Gasteiger partial charge is 0.491 e. The summed E-state index contributed by atoms with van der Waals surface area (Å²) in [5.74, 6) is -0.700. The second-order valence-corrected chi connectivity index (χ2v) is 6.60. The maximum Gasteiger partial charge on any atom is 0.431 e. The van der Waals surface area contributed by atoms with E-state index in [9.17, 15) is 22.8 Å². The van der Waals surface area contributed by atoms with Gasteiger partial charge in [-0.3, -0.25) is 9.59 Å². The molecule has 31 heavy (non-hydrogen) atoms. The number of hydrogen-bond donors (Lipinski definition) is 2. The molecule has 1 aromatic heterocycles. The number of carbonyl (C=O) groups is 1. The van der Waals surface area contributed by atoms with Gasteiger partial charge in [0.1, 0.15) is 29.7 Å². The summed E-state index contributed by atoms with van der Waals surface area (Å²) in [6.07, 6.45) is -5.11. The number of nitrogens with one attached hydrogen (secondary N) is 1. The van der Waals surface area contributed by atoms with Crippen LogP contribution in [0.15, 0.2) is 35.1 Å². The van der Waals surface area contributed by atoms with Crippen molar-refractivity contribution >= 4 is 5.91 Å². The number of carbonyl (C=O) groups excluding carboxylic acids is 1. The molecule has 2 heterocycles. The minimum Gasteiger partial charge on any atom is -0.491 e. The number of amides is 1. The standard InChI is InChI=1S/C19H19F3N2O5.C2H6/c1-10-7-27-8-13(29-10)9-28-12-4-2-11(3-5-12)14-6-15(17(23)25)18(26)24-16(14)19(20,21)22;1-2/h2-6,10,13H,7-9H2,1H3,(H2,23,25)(H,24,26);1-2H3/t10?,13-;/m0./s1. The maximum absolute atomic E-state index is 13.3. The number of rotatable bonds is 5. The zero-order valence-electron chi connectivity index (χ0n) is 17.4. The van der Waals surface area contributed by atoms with E-state index in [0.29, 0.717) is 19.0 Å². The Labute approximate surface area is 177 Å². The second kappa shape index (κ2) is 10.5. The van der Waals surface area contributed by atoms with Crippen molar-refractivity contribution in [2.24, 2.45) is 5.73 Å². The third-order valence-electron chi connectivity index (χ3n) is 4.27. The summed E-state index contributed by atoms with van der Waals surface area (Å²) in [4.78, 5) is 24.8. The number of ether oxygens (including phenoxy) is 3. The molecule has 3 N–H and O–H groups in total. The number of benzene rings is 1. The fourth-order valence-electron chi connectivity index (χ4n) is 2.94. The second-order valence-electron chi connectivity index (χ2n) is 6.60. The predicted molar refractivity (Wildman–Crippen MR) is 108 cm³/mol. The van der Waals surface area contributed by atoms with E-state index in [1.54, 1.807) is 4.98 Å². The highest BCUT2D eigenvalue weighted by Crippen LogP contribution is 2.35. The van der Waals surface area contributed by atoms with Crippen molar-refractivity contribution in [3.05, 3.63) is 51.9 Å². The average molecular weight is 442 g/mol. The predicted octanol–water partition coefficient (Wildman–Crippen LogP) is 3.37. The van der Waals surface area contributed by atoms with Crippen molar-refractivity contribution in [3.63, 3.8) is 0 Å². The third kappa shape index (κ3) is 6.31. The quantitative estimate of drug-likeness (QED) is 0.739. The van der Waals surface area contributed by atoms with E-state index in [1.807, 2.05) is 20.8 Å². The van der Waals surface area contributed by atoms with Crippen molar-refractivity contribution in [2.45, 2.75) is 39.2 Å². The van der Waals surface area contributed by atoms with Gasteiger partial charge in [0.05, 0.1) is 19.3 Å². The lowest BCUT2D eigenvalue weighted by atomic mass is 10.0. The van der Waals surface area contributed by atoms with E-state index in [0.717, 1.165) is 6.07 Å². The van der Waals surface area contributed by atoms with Crippen LogP contribution in [0.2, 0.25) is 0 Å². The van der Waals surface area contributed by atoms with E-state index in [1.165, 1.54) is 24.3 Å².